The first kappa shape index (κ1) is 16.8. The summed E-state index contributed by atoms with van der Waals surface area (Å²) in [5, 5.41) is 2.85. The minimum atomic E-state index is -0.396. The van der Waals surface area contributed by atoms with E-state index in [0.29, 0.717) is 18.5 Å². The fraction of sp³-hybridized carbons (Fsp3) is 0.150. The normalized spacial score (nSPS) is 10.5. The molecule has 1 heterocycles. The zero-order valence-electron chi connectivity index (χ0n) is 13.9. The highest BCUT2D eigenvalue weighted by Gasteiger charge is 2.07. The summed E-state index contributed by atoms with van der Waals surface area (Å²) in [6.45, 7) is 0.434. The molecule has 0 radical (unpaired) electrons. The Bertz CT molecular complexity index is 843. The van der Waals surface area contributed by atoms with Crippen LogP contribution in [-0.2, 0) is 6.42 Å². The quantitative estimate of drug-likeness (QED) is 0.746. The molecule has 0 aliphatic rings. The van der Waals surface area contributed by atoms with E-state index < -0.39 is 5.82 Å². The summed E-state index contributed by atoms with van der Waals surface area (Å²) in [7, 11) is 1.43. The van der Waals surface area contributed by atoms with Gasteiger partial charge in [-0.15, -0.1) is 0 Å². The molecular formula is C20H19FN2O2. The van der Waals surface area contributed by atoms with Gasteiger partial charge < -0.3 is 14.6 Å². The van der Waals surface area contributed by atoms with Crippen LogP contribution < -0.4 is 10.1 Å². The number of amides is 1. The predicted molar refractivity (Wildman–Crippen MR) is 94.8 cm³/mol. The van der Waals surface area contributed by atoms with Crippen LogP contribution in [-0.4, -0.2) is 24.1 Å². The topological polar surface area (TPSA) is 43.3 Å². The van der Waals surface area contributed by atoms with E-state index in [1.807, 2.05) is 41.2 Å². The number of carbonyl (C=O) groups excluding carboxylic acids is 1. The third-order valence-electron chi connectivity index (χ3n) is 3.95. The van der Waals surface area contributed by atoms with Crippen LogP contribution in [0.25, 0.3) is 5.69 Å². The molecule has 0 spiro atoms. The van der Waals surface area contributed by atoms with Crippen molar-refractivity contribution in [2.24, 2.45) is 0 Å². The number of nitrogens with zero attached hydrogens (tertiary/aromatic N) is 1. The fourth-order valence-corrected chi connectivity index (χ4v) is 2.58. The van der Waals surface area contributed by atoms with Gasteiger partial charge in [0.25, 0.3) is 5.91 Å². The van der Waals surface area contributed by atoms with E-state index >= 15 is 0 Å². The monoisotopic (exact) mass is 338 g/mol. The molecule has 3 aromatic rings. The maximum atomic E-state index is 13.6. The average Bonchev–Trinajstić information content (AvgIpc) is 3.16. The van der Waals surface area contributed by atoms with Gasteiger partial charge in [-0.05, 0) is 60.5 Å². The van der Waals surface area contributed by atoms with Gasteiger partial charge in [0, 0.05) is 30.2 Å². The van der Waals surface area contributed by atoms with Crippen molar-refractivity contribution < 1.29 is 13.9 Å². The van der Waals surface area contributed by atoms with Crippen LogP contribution in [0.1, 0.15) is 15.9 Å². The van der Waals surface area contributed by atoms with Gasteiger partial charge in [-0.3, -0.25) is 4.79 Å². The summed E-state index contributed by atoms with van der Waals surface area (Å²) in [4.78, 5) is 12.2. The van der Waals surface area contributed by atoms with Crippen molar-refractivity contribution in [2.45, 2.75) is 6.42 Å². The smallest absolute Gasteiger partial charge is 0.251 e. The van der Waals surface area contributed by atoms with Crippen LogP contribution in [0.5, 0.6) is 5.75 Å². The highest BCUT2D eigenvalue weighted by atomic mass is 19.1. The molecule has 1 amide bonds. The second-order valence-corrected chi connectivity index (χ2v) is 5.61. The third kappa shape index (κ3) is 4.07. The SMILES string of the molecule is COc1ccc(CCNC(=O)c2ccc(-n3cccc3)cc2)cc1F. The zero-order valence-corrected chi connectivity index (χ0v) is 13.9. The highest BCUT2D eigenvalue weighted by molar-refractivity contribution is 5.94. The second-order valence-electron chi connectivity index (χ2n) is 5.61. The van der Waals surface area contributed by atoms with Gasteiger partial charge in [-0.1, -0.05) is 6.07 Å². The summed E-state index contributed by atoms with van der Waals surface area (Å²) in [6.07, 6.45) is 4.44. The molecule has 2 aromatic carbocycles. The lowest BCUT2D eigenvalue weighted by Crippen LogP contribution is -2.25. The third-order valence-corrected chi connectivity index (χ3v) is 3.95. The van der Waals surface area contributed by atoms with Crippen LogP contribution in [0.3, 0.4) is 0 Å². The van der Waals surface area contributed by atoms with E-state index in [0.717, 1.165) is 11.3 Å². The lowest BCUT2D eigenvalue weighted by Gasteiger charge is -2.08. The molecular weight excluding hydrogens is 319 g/mol. The van der Waals surface area contributed by atoms with Crippen molar-refractivity contribution in [2.75, 3.05) is 13.7 Å². The molecule has 0 aliphatic heterocycles. The van der Waals surface area contributed by atoms with Crippen molar-refractivity contribution in [3.8, 4) is 11.4 Å². The molecule has 25 heavy (non-hydrogen) atoms. The van der Waals surface area contributed by atoms with Gasteiger partial charge in [0.15, 0.2) is 11.6 Å². The van der Waals surface area contributed by atoms with Gasteiger partial charge in [-0.2, -0.15) is 0 Å². The largest absolute Gasteiger partial charge is 0.494 e. The van der Waals surface area contributed by atoms with E-state index in [1.165, 1.54) is 13.2 Å². The molecule has 128 valence electrons. The summed E-state index contributed by atoms with van der Waals surface area (Å²) >= 11 is 0. The zero-order chi connectivity index (χ0) is 17.6. The van der Waals surface area contributed by atoms with Crippen molar-refractivity contribution in [3.63, 3.8) is 0 Å². The number of hydrogen-bond acceptors (Lipinski definition) is 2. The molecule has 0 aliphatic carbocycles. The molecule has 1 N–H and O–H groups in total. The van der Waals surface area contributed by atoms with Crippen LogP contribution in [0.15, 0.2) is 67.0 Å². The number of carbonyl (C=O) groups is 1. The molecule has 3 rings (SSSR count). The number of ether oxygens (including phenoxy) is 1. The molecule has 0 saturated carbocycles. The summed E-state index contributed by atoms with van der Waals surface area (Å²) < 4.78 is 20.5. The number of benzene rings is 2. The lowest BCUT2D eigenvalue weighted by atomic mass is 10.1. The first-order chi connectivity index (χ1) is 12.2. The molecule has 4 nitrogen and oxygen atoms in total. The Labute approximate surface area is 145 Å². The number of nitrogens with one attached hydrogen (secondary N) is 1. The molecule has 0 unspecified atom stereocenters. The average molecular weight is 338 g/mol. The summed E-state index contributed by atoms with van der Waals surface area (Å²) in [5.74, 6) is -0.324. The van der Waals surface area contributed by atoms with Crippen LogP contribution in [0.2, 0.25) is 0 Å². The Hall–Kier alpha value is -3.08. The van der Waals surface area contributed by atoms with Crippen LogP contribution in [0, 0.1) is 5.82 Å². The van der Waals surface area contributed by atoms with Gasteiger partial charge in [-0.25, -0.2) is 4.39 Å². The van der Waals surface area contributed by atoms with Gasteiger partial charge in [0.1, 0.15) is 0 Å². The van der Waals surface area contributed by atoms with E-state index in [2.05, 4.69) is 5.32 Å². The Morgan fingerprint density at radius 3 is 2.48 bits per heavy atom. The minimum Gasteiger partial charge on any atom is -0.494 e. The number of methoxy groups -OCH3 is 1. The fourth-order valence-electron chi connectivity index (χ4n) is 2.58. The number of hydrogen-bond donors (Lipinski definition) is 1. The van der Waals surface area contributed by atoms with Crippen molar-refractivity contribution in [3.05, 3.63) is 83.9 Å². The summed E-state index contributed by atoms with van der Waals surface area (Å²) in [6, 6.07) is 16.1. The van der Waals surface area contributed by atoms with Crippen molar-refractivity contribution in [1.82, 2.24) is 9.88 Å². The number of rotatable bonds is 6. The second kappa shape index (κ2) is 7.66. The van der Waals surface area contributed by atoms with Gasteiger partial charge >= 0.3 is 0 Å². The Morgan fingerprint density at radius 2 is 1.84 bits per heavy atom. The maximum absolute atomic E-state index is 13.6. The maximum Gasteiger partial charge on any atom is 0.251 e. The van der Waals surface area contributed by atoms with E-state index in [1.54, 1.807) is 24.3 Å². The van der Waals surface area contributed by atoms with Crippen molar-refractivity contribution >= 4 is 5.91 Å². The standard InChI is InChI=1S/C20H19FN2O2/c1-25-19-9-4-15(14-18(19)21)10-11-22-20(24)16-5-7-17(8-6-16)23-12-2-3-13-23/h2-9,12-14H,10-11H2,1H3,(H,22,24). The first-order valence-electron chi connectivity index (χ1n) is 8.01. The van der Waals surface area contributed by atoms with E-state index in [9.17, 15) is 9.18 Å². The number of aromatic nitrogens is 1. The molecule has 0 atom stereocenters. The molecule has 0 bridgehead atoms. The number of halogens is 1. The van der Waals surface area contributed by atoms with Crippen LogP contribution >= 0.6 is 0 Å². The lowest BCUT2D eigenvalue weighted by molar-refractivity contribution is 0.0954. The van der Waals surface area contributed by atoms with Crippen molar-refractivity contribution in [1.29, 1.82) is 0 Å². The Morgan fingerprint density at radius 1 is 1.12 bits per heavy atom. The summed E-state index contributed by atoms with van der Waals surface area (Å²) in [5.41, 5.74) is 2.40. The molecule has 1 aromatic heterocycles. The van der Waals surface area contributed by atoms with E-state index in [4.69, 9.17) is 4.74 Å². The molecule has 0 saturated heterocycles. The van der Waals surface area contributed by atoms with Gasteiger partial charge in [0.2, 0.25) is 0 Å². The predicted octanol–water partition coefficient (Wildman–Crippen LogP) is 3.60. The van der Waals surface area contributed by atoms with Crippen LogP contribution in [0.4, 0.5) is 4.39 Å². The van der Waals surface area contributed by atoms with Gasteiger partial charge in [0.05, 0.1) is 7.11 Å². The molecule has 0 fully saturated rings. The Balaban J connectivity index is 1.55. The highest BCUT2D eigenvalue weighted by Crippen LogP contribution is 2.17. The Kier molecular flexibility index (Phi) is 5.14. The minimum absolute atomic E-state index is 0.145. The molecule has 5 heteroatoms. The van der Waals surface area contributed by atoms with E-state index in [-0.39, 0.29) is 11.7 Å². The first-order valence-corrected chi connectivity index (χ1v) is 8.01.